The predicted molar refractivity (Wildman–Crippen MR) is 67.4 cm³/mol. The zero-order valence-corrected chi connectivity index (χ0v) is 13.8. The molecule has 0 amide bonds. The molecule has 12 heteroatoms. The average Bonchev–Trinajstić information content (AvgIpc) is 2.33. The Labute approximate surface area is 130 Å². The Morgan fingerprint density at radius 1 is 0.870 bits per heavy atom. The number of carbonyl (C=O) groups excluding carboxylic acids is 3. The van der Waals surface area contributed by atoms with Crippen LogP contribution in [0.3, 0.4) is 0 Å². The van der Waals surface area contributed by atoms with Gasteiger partial charge in [-0.2, -0.15) is 17.6 Å². The van der Waals surface area contributed by atoms with E-state index in [1.165, 1.54) is 6.92 Å². The van der Waals surface area contributed by atoms with E-state index in [-0.39, 0.29) is 6.61 Å². The third-order valence-corrected chi connectivity index (χ3v) is 4.97. The molecule has 0 atom stereocenters. The first-order chi connectivity index (χ1) is 10.3. The number of ether oxygens (including phenoxy) is 1. The molecule has 0 unspecified atom stereocenters. The van der Waals surface area contributed by atoms with E-state index < -0.39 is 44.8 Å². The molecule has 0 heterocycles. The van der Waals surface area contributed by atoms with Crippen LogP contribution in [0.15, 0.2) is 0 Å². The highest BCUT2D eigenvalue weighted by Crippen LogP contribution is 2.43. The van der Waals surface area contributed by atoms with Crippen LogP contribution in [0.5, 0.6) is 0 Å². The maximum atomic E-state index is 14.3. The van der Waals surface area contributed by atoms with Gasteiger partial charge in [-0.05, 0) is 6.92 Å². The summed E-state index contributed by atoms with van der Waals surface area (Å²) in [5.41, 5.74) is -5.29. The third kappa shape index (κ3) is 5.16. The second-order valence-corrected chi connectivity index (χ2v) is 6.61. The van der Waals surface area contributed by atoms with Crippen molar-refractivity contribution in [1.29, 1.82) is 0 Å². The number of rotatable bonds is 8. The van der Waals surface area contributed by atoms with Crippen molar-refractivity contribution in [3.05, 3.63) is 0 Å². The van der Waals surface area contributed by atoms with E-state index in [0.717, 1.165) is 0 Å². The second-order valence-electron chi connectivity index (χ2n) is 4.25. The molecule has 0 aromatic heterocycles. The predicted octanol–water partition coefficient (Wildman–Crippen LogP) is 1.46. The minimum Gasteiger partial charge on any atom is -0.452 e. The largest absolute Gasteiger partial charge is 0.786 e. The van der Waals surface area contributed by atoms with Crippen LogP contribution >= 0.6 is 0 Å². The van der Waals surface area contributed by atoms with Gasteiger partial charge in [0.25, 0.3) is 17.9 Å². The molecule has 0 fully saturated rings. The van der Waals surface area contributed by atoms with Crippen LogP contribution in [0.1, 0.15) is 27.7 Å². The third-order valence-electron chi connectivity index (χ3n) is 2.17. The molecule has 134 valence electrons. The monoisotopic (exact) mass is 364 g/mol. The molecule has 0 bridgehead atoms. The highest BCUT2D eigenvalue weighted by Gasteiger charge is 2.84. The standard InChI is InChI=1S/C11H16F4O7Si/c1-5-19-6-10(12,13)11(14,15)23(20-7(2)16,21-8(3)17)22-9(4)18/h5-6H2,1-4H3. The molecule has 0 rings (SSSR count). The van der Waals surface area contributed by atoms with Crippen LogP contribution in [0.25, 0.3) is 0 Å². The normalized spacial score (nSPS) is 12.5. The maximum Gasteiger partial charge on any atom is 0.786 e. The summed E-state index contributed by atoms with van der Waals surface area (Å²) in [6, 6.07) is 0. The fourth-order valence-electron chi connectivity index (χ4n) is 1.37. The van der Waals surface area contributed by atoms with Gasteiger partial charge in [0.05, 0.1) is 0 Å². The lowest BCUT2D eigenvalue weighted by Crippen LogP contribution is -2.70. The molecule has 0 aliphatic carbocycles. The van der Waals surface area contributed by atoms with Gasteiger partial charge < -0.3 is 18.0 Å². The molecule has 0 aromatic rings. The Hall–Kier alpha value is -1.69. The van der Waals surface area contributed by atoms with Gasteiger partial charge in [-0.1, -0.05) is 0 Å². The van der Waals surface area contributed by atoms with E-state index in [2.05, 4.69) is 18.0 Å². The van der Waals surface area contributed by atoms with Gasteiger partial charge in [0, 0.05) is 27.4 Å². The van der Waals surface area contributed by atoms with Gasteiger partial charge in [-0.15, -0.1) is 0 Å². The van der Waals surface area contributed by atoms with Crippen molar-refractivity contribution in [3.63, 3.8) is 0 Å². The van der Waals surface area contributed by atoms with Crippen LogP contribution in [0, 0.1) is 0 Å². The Morgan fingerprint density at radius 2 is 1.22 bits per heavy atom. The van der Waals surface area contributed by atoms with Crippen LogP contribution < -0.4 is 0 Å². The first-order valence-corrected chi connectivity index (χ1v) is 7.96. The second kappa shape index (κ2) is 7.72. The quantitative estimate of drug-likeness (QED) is 0.476. The van der Waals surface area contributed by atoms with Gasteiger partial charge in [-0.3, -0.25) is 14.4 Å². The Morgan fingerprint density at radius 3 is 1.48 bits per heavy atom. The lowest BCUT2D eigenvalue weighted by molar-refractivity contribution is -0.221. The van der Waals surface area contributed by atoms with E-state index in [4.69, 9.17) is 0 Å². The zero-order chi connectivity index (χ0) is 18.5. The van der Waals surface area contributed by atoms with E-state index in [1.54, 1.807) is 0 Å². The Balaban J connectivity index is 6.07. The van der Waals surface area contributed by atoms with Gasteiger partial charge in [0.2, 0.25) is 0 Å². The molecule has 0 spiro atoms. The zero-order valence-electron chi connectivity index (χ0n) is 12.8. The van der Waals surface area contributed by atoms with E-state index >= 15 is 0 Å². The molecule has 0 saturated heterocycles. The molecule has 23 heavy (non-hydrogen) atoms. The van der Waals surface area contributed by atoms with Crippen molar-refractivity contribution in [2.45, 2.75) is 39.2 Å². The molecule has 0 N–H and O–H groups in total. The van der Waals surface area contributed by atoms with Crippen molar-refractivity contribution in [2.24, 2.45) is 0 Å². The highest BCUT2D eigenvalue weighted by molar-refractivity contribution is 6.68. The minimum absolute atomic E-state index is 0.311. The summed E-state index contributed by atoms with van der Waals surface area (Å²) in [6.07, 6.45) is 0. The lowest BCUT2D eigenvalue weighted by atomic mass is 10.4. The van der Waals surface area contributed by atoms with Gasteiger partial charge in [-0.25, -0.2) is 0 Å². The number of hydrogen-bond acceptors (Lipinski definition) is 7. The summed E-state index contributed by atoms with van der Waals surface area (Å²) in [4.78, 5) is 33.1. The van der Waals surface area contributed by atoms with E-state index in [1.807, 2.05) is 0 Å². The fraction of sp³-hybridized carbons (Fsp3) is 0.727. The van der Waals surface area contributed by atoms with Crippen molar-refractivity contribution >= 4 is 26.7 Å². The van der Waals surface area contributed by atoms with Crippen LogP contribution in [-0.4, -0.2) is 51.4 Å². The van der Waals surface area contributed by atoms with Gasteiger partial charge in [0.15, 0.2) is 0 Å². The first kappa shape index (κ1) is 21.3. The summed E-state index contributed by atoms with van der Waals surface area (Å²) in [6.45, 7) is 1.01. The van der Waals surface area contributed by atoms with E-state index in [0.29, 0.717) is 20.8 Å². The summed E-state index contributed by atoms with van der Waals surface area (Å²) in [7, 11) is -6.11. The summed E-state index contributed by atoms with van der Waals surface area (Å²) in [5.74, 6) is -9.42. The summed E-state index contributed by atoms with van der Waals surface area (Å²) in [5, 5.41) is 0. The first-order valence-electron chi connectivity index (χ1n) is 6.23. The van der Waals surface area contributed by atoms with Crippen LogP contribution in [-0.2, 0) is 32.4 Å². The van der Waals surface area contributed by atoms with Crippen LogP contribution in [0.4, 0.5) is 17.6 Å². The lowest BCUT2D eigenvalue weighted by Gasteiger charge is -2.35. The minimum atomic E-state index is -6.11. The number of hydrogen-bond donors (Lipinski definition) is 0. The van der Waals surface area contributed by atoms with Gasteiger partial charge in [0.1, 0.15) is 6.61 Å². The van der Waals surface area contributed by atoms with Crippen molar-refractivity contribution < 1.29 is 50.0 Å². The van der Waals surface area contributed by atoms with Crippen molar-refractivity contribution in [1.82, 2.24) is 0 Å². The molecule has 7 nitrogen and oxygen atoms in total. The Bertz CT molecular complexity index is 428. The van der Waals surface area contributed by atoms with Crippen LogP contribution in [0.2, 0.25) is 0 Å². The SMILES string of the molecule is CCOCC(F)(F)C(F)(F)[Si](OC(C)=O)(OC(C)=O)OC(C)=O. The average molecular weight is 364 g/mol. The number of carbonyl (C=O) groups is 3. The molecule has 0 aromatic carbocycles. The topological polar surface area (TPSA) is 88.1 Å². The summed E-state index contributed by atoms with van der Waals surface area (Å²) >= 11 is 0. The molecule has 0 saturated carbocycles. The fourth-order valence-corrected chi connectivity index (χ4v) is 3.53. The van der Waals surface area contributed by atoms with Crippen molar-refractivity contribution in [3.8, 4) is 0 Å². The molecule has 0 radical (unpaired) electrons. The smallest absolute Gasteiger partial charge is 0.452 e. The number of alkyl halides is 4. The maximum absolute atomic E-state index is 14.3. The summed E-state index contributed by atoms with van der Waals surface area (Å²) < 4.78 is 72.9. The number of halogens is 4. The molecular weight excluding hydrogens is 348 g/mol. The molecule has 0 aliphatic heterocycles. The Kier molecular flexibility index (Phi) is 7.15. The van der Waals surface area contributed by atoms with E-state index in [9.17, 15) is 31.9 Å². The van der Waals surface area contributed by atoms with Crippen molar-refractivity contribution in [2.75, 3.05) is 13.2 Å². The molecular formula is C11H16F4O7Si. The highest BCUT2D eigenvalue weighted by atomic mass is 28.4. The van der Waals surface area contributed by atoms with Gasteiger partial charge >= 0.3 is 20.3 Å². The molecule has 0 aliphatic rings.